The van der Waals surface area contributed by atoms with Gasteiger partial charge in [0.15, 0.2) is 0 Å². The Morgan fingerprint density at radius 1 is 1.19 bits per heavy atom. The number of piperidine rings is 1. The number of amides is 1. The van der Waals surface area contributed by atoms with Gasteiger partial charge in [0.2, 0.25) is 5.91 Å². The van der Waals surface area contributed by atoms with Crippen molar-refractivity contribution in [3.05, 3.63) is 0 Å². The van der Waals surface area contributed by atoms with Crippen LogP contribution in [0, 0.1) is 5.92 Å². The molecule has 1 amide bonds. The van der Waals surface area contributed by atoms with E-state index >= 15 is 0 Å². The van der Waals surface area contributed by atoms with E-state index in [-0.39, 0.29) is 12.5 Å². The molecule has 0 bridgehead atoms. The van der Waals surface area contributed by atoms with Gasteiger partial charge in [0.1, 0.15) is 0 Å². The monoisotopic (exact) mass is 298 g/mol. The average molecular weight is 298 g/mol. The summed E-state index contributed by atoms with van der Waals surface area (Å²) in [6.45, 7) is 8.64. The molecule has 0 aromatic rings. The van der Waals surface area contributed by atoms with Gasteiger partial charge in [-0.2, -0.15) is 0 Å². The third-order valence-electron chi connectivity index (χ3n) is 4.70. The second-order valence-electron chi connectivity index (χ2n) is 5.96. The third-order valence-corrected chi connectivity index (χ3v) is 4.70. The van der Waals surface area contributed by atoms with Gasteiger partial charge in [-0.25, -0.2) is 0 Å². The Balaban J connectivity index is 2.43. The predicted molar refractivity (Wildman–Crippen MR) is 83.2 cm³/mol. The molecule has 5 heteroatoms. The number of nitrogens with zero attached hydrogens (tertiary/aromatic N) is 2. The Morgan fingerprint density at radius 3 is 2.19 bits per heavy atom. The highest BCUT2D eigenvalue weighted by atomic mass is 16.4. The number of carboxylic acid groups (broad SMARTS) is 1. The lowest BCUT2D eigenvalue weighted by Crippen LogP contribution is -2.48. The molecule has 0 saturated carbocycles. The van der Waals surface area contributed by atoms with Crippen LogP contribution in [0.25, 0.3) is 0 Å². The minimum absolute atomic E-state index is 0.100. The molecule has 1 saturated heterocycles. The molecule has 21 heavy (non-hydrogen) atoms. The topological polar surface area (TPSA) is 60.9 Å². The van der Waals surface area contributed by atoms with E-state index < -0.39 is 5.97 Å². The van der Waals surface area contributed by atoms with E-state index in [0.29, 0.717) is 18.4 Å². The molecular weight excluding hydrogens is 268 g/mol. The van der Waals surface area contributed by atoms with E-state index in [2.05, 4.69) is 13.8 Å². The number of carbonyl (C=O) groups is 2. The minimum atomic E-state index is -0.774. The highest BCUT2D eigenvalue weighted by Crippen LogP contribution is 2.20. The van der Waals surface area contributed by atoms with Gasteiger partial charge < -0.3 is 10.0 Å². The zero-order valence-electron chi connectivity index (χ0n) is 13.7. The maximum absolute atomic E-state index is 12.3. The molecule has 1 N–H and O–H groups in total. The maximum atomic E-state index is 12.3. The van der Waals surface area contributed by atoms with Gasteiger partial charge in [0.25, 0.3) is 0 Å². The Bertz CT molecular complexity index is 334. The van der Waals surface area contributed by atoms with E-state index in [1.54, 1.807) is 0 Å². The van der Waals surface area contributed by atoms with Crippen LogP contribution < -0.4 is 0 Å². The first-order valence-corrected chi connectivity index (χ1v) is 8.25. The van der Waals surface area contributed by atoms with Crippen LogP contribution in [0.4, 0.5) is 0 Å². The lowest BCUT2D eigenvalue weighted by atomic mass is 9.97. The predicted octanol–water partition coefficient (Wildman–Crippen LogP) is 2.21. The summed E-state index contributed by atoms with van der Waals surface area (Å²) in [5.41, 5.74) is 0. The first-order valence-electron chi connectivity index (χ1n) is 8.25. The smallest absolute Gasteiger partial charge is 0.317 e. The van der Waals surface area contributed by atoms with E-state index in [1.807, 2.05) is 16.7 Å². The summed E-state index contributed by atoms with van der Waals surface area (Å²) >= 11 is 0. The molecule has 0 unspecified atom stereocenters. The van der Waals surface area contributed by atoms with Crippen LogP contribution in [0.2, 0.25) is 0 Å². The van der Waals surface area contributed by atoms with Crippen molar-refractivity contribution in [2.45, 2.75) is 58.9 Å². The highest BCUT2D eigenvalue weighted by Gasteiger charge is 2.27. The van der Waals surface area contributed by atoms with Crippen molar-refractivity contribution < 1.29 is 14.7 Å². The molecule has 5 nitrogen and oxygen atoms in total. The summed E-state index contributed by atoms with van der Waals surface area (Å²) in [6.07, 6.45) is 4.54. The van der Waals surface area contributed by atoms with Crippen molar-refractivity contribution in [2.24, 2.45) is 5.92 Å². The van der Waals surface area contributed by atoms with E-state index in [0.717, 1.165) is 45.3 Å². The number of rotatable bonds is 8. The molecule has 1 aliphatic rings. The molecule has 1 rings (SSSR count). The van der Waals surface area contributed by atoms with Crippen LogP contribution in [0.15, 0.2) is 0 Å². The summed E-state index contributed by atoms with van der Waals surface area (Å²) in [6, 6.07) is 0.295. The molecule has 0 aliphatic carbocycles. The molecule has 0 atom stereocenters. The normalized spacial score (nSPS) is 16.7. The summed E-state index contributed by atoms with van der Waals surface area (Å²) in [5, 5.41) is 8.93. The summed E-state index contributed by atoms with van der Waals surface area (Å²) < 4.78 is 0. The van der Waals surface area contributed by atoms with Crippen LogP contribution in [-0.4, -0.2) is 59.0 Å². The average Bonchev–Trinajstić information content (AvgIpc) is 2.50. The zero-order valence-corrected chi connectivity index (χ0v) is 13.7. The standard InChI is InChI=1S/C16H30N2O3/c1-4-13(5-2)11-15(19)18-9-7-14(8-10-18)17(6-3)12-16(20)21/h13-14H,4-12H2,1-3H3,(H,20,21). The van der Waals surface area contributed by atoms with Gasteiger partial charge in [-0.05, 0) is 25.3 Å². The lowest BCUT2D eigenvalue weighted by molar-refractivity contribution is -0.140. The fourth-order valence-corrected chi connectivity index (χ4v) is 3.11. The van der Waals surface area contributed by atoms with Gasteiger partial charge in [-0.1, -0.05) is 33.6 Å². The van der Waals surface area contributed by atoms with Gasteiger partial charge in [0, 0.05) is 25.6 Å². The van der Waals surface area contributed by atoms with Gasteiger partial charge >= 0.3 is 5.97 Å². The fourth-order valence-electron chi connectivity index (χ4n) is 3.11. The lowest BCUT2D eigenvalue weighted by Gasteiger charge is -2.37. The highest BCUT2D eigenvalue weighted by molar-refractivity contribution is 5.76. The second-order valence-corrected chi connectivity index (χ2v) is 5.96. The van der Waals surface area contributed by atoms with Crippen molar-refractivity contribution in [3.8, 4) is 0 Å². The SMILES string of the molecule is CCC(CC)CC(=O)N1CCC(N(CC)CC(=O)O)CC1. The molecule has 0 aromatic carbocycles. The molecule has 122 valence electrons. The van der Waals surface area contributed by atoms with Gasteiger partial charge in [-0.15, -0.1) is 0 Å². The second kappa shape index (κ2) is 9.03. The van der Waals surface area contributed by atoms with Crippen molar-refractivity contribution in [1.29, 1.82) is 0 Å². The molecule has 0 spiro atoms. The van der Waals surface area contributed by atoms with Crippen LogP contribution in [0.5, 0.6) is 0 Å². The van der Waals surface area contributed by atoms with Crippen LogP contribution in [-0.2, 0) is 9.59 Å². The maximum Gasteiger partial charge on any atom is 0.317 e. The first kappa shape index (κ1) is 18.0. The van der Waals surface area contributed by atoms with E-state index in [9.17, 15) is 9.59 Å². The molecule has 0 radical (unpaired) electrons. The van der Waals surface area contributed by atoms with Crippen LogP contribution in [0.3, 0.4) is 0 Å². The number of aliphatic carboxylic acids is 1. The minimum Gasteiger partial charge on any atom is -0.480 e. The number of likely N-dealkylation sites (tertiary alicyclic amines) is 1. The van der Waals surface area contributed by atoms with Crippen molar-refractivity contribution in [2.75, 3.05) is 26.2 Å². The Labute approximate surface area is 128 Å². The summed E-state index contributed by atoms with van der Waals surface area (Å²) in [7, 11) is 0. The van der Waals surface area contributed by atoms with Crippen molar-refractivity contribution >= 4 is 11.9 Å². The molecule has 1 aliphatic heterocycles. The van der Waals surface area contributed by atoms with Crippen LogP contribution >= 0.6 is 0 Å². The van der Waals surface area contributed by atoms with Crippen LogP contribution in [0.1, 0.15) is 52.9 Å². The number of hydrogen-bond donors (Lipinski definition) is 1. The molecule has 0 aromatic heterocycles. The number of hydrogen-bond acceptors (Lipinski definition) is 3. The van der Waals surface area contributed by atoms with E-state index in [4.69, 9.17) is 5.11 Å². The Morgan fingerprint density at radius 2 is 1.76 bits per heavy atom. The largest absolute Gasteiger partial charge is 0.480 e. The van der Waals surface area contributed by atoms with Gasteiger partial charge in [0.05, 0.1) is 6.54 Å². The number of carbonyl (C=O) groups excluding carboxylic acids is 1. The number of likely N-dealkylation sites (N-methyl/N-ethyl adjacent to an activating group) is 1. The summed E-state index contributed by atoms with van der Waals surface area (Å²) in [4.78, 5) is 27.1. The fraction of sp³-hybridized carbons (Fsp3) is 0.875. The molecular formula is C16H30N2O3. The summed E-state index contributed by atoms with van der Waals surface area (Å²) in [5.74, 6) is -0.0121. The zero-order chi connectivity index (χ0) is 15.8. The quantitative estimate of drug-likeness (QED) is 0.746. The molecule has 1 heterocycles. The Hall–Kier alpha value is -1.10. The third kappa shape index (κ3) is 5.65. The first-order chi connectivity index (χ1) is 10.0. The van der Waals surface area contributed by atoms with Gasteiger partial charge in [-0.3, -0.25) is 14.5 Å². The Kier molecular flexibility index (Phi) is 7.72. The van der Waals surface area contributed by atoms with E-state index in [1.165, 1.54) is 0 Å². The van der Waals surface area contributed by atoms with Crippen molar-refractivity contribution in [3.63, 3.8) is 0 Å². The number of carboxylic acids is 1. The van der Waals surface area contributed by atoms with Crippen molar-refractivity contribution in [1.82, 2.24) is 9.80 Å². The molecule has 1 fully saturated rings.